The summed E-state index contributed by atoms with van der Waals surface area (Å²) in [6.07, 6.45) is 2.38. The molecule has 0 spiro atoms. The number of rotatable bonds is 7. The Bertz CT molecular complexity index is 255. The largest absolute Gasteiger partial charge is 0.312 e. The molecule has 0 fully saturated rings. The molecule has 0 radical (unpaired) electrons. The summed E-state index contributed by atoms with van der Waals surface area (Å²) in [6, 6.07) is 0. The standard InChI is InChI=1S/C10H23NO2S2/c1-10(2,3)11-6-5-7-14-8-9-15(4,12)13/h11H,5-9H2,1-4H3. The first-order valence-corrected chi connectivity index (χ1v) is 8.43. The molecular weight excluding hydrogens is 230 g/mol. The van der Waals surface area contributed by atoms with Crippen molar-refractivity contribution in [2.24, 2.45) is 0 Å². The SMILES string of the molecule is CC(C)(C)NCCCSCCS(C)(=O)=O. The molecule has 0 saturated carbocycles. The van der Waals surface area contributed by atoms with Gasteiger partial charge in [-0.15, -0.1) is 0 Å². The quantitative estimate of drug-likeness (QED) is 0.699. The predicted molar refractivity (Wildman–Crippen MR) is 69.4 cm³/mol. The molecule has 15 heavy (non-hydrogen) atoms. The van der Waals surface area contributed by atoms with Gasteiger partial charge >= 0.3 is 0 Å². The van der Waals surface area contributed by atoms with Crippen molar-refractivity contribution in [3.05, 3.63) is 0 Å². The highest BCUT2D eigenvalue weighted by molar-refractivity contribution is 8.00. The lowest BCUT2D eigenvalue weighted by molar-refractivity contribution is 0.427. The highest BCUT2D eigenvalue weighted by Gasteiger charge is 2.07. The fourth-order valence-electron chi connectivity index (χ4n) is 0.950. The molecule has 0 aliphatic heterocycles. The summed E-state index contributed by atoms with van der Waals surface area (Å²) in [5, 5.41) is 3.40. The first-order chi connectivity index (χ1) is 6.71. The van der Waals surface area contributed by atoms with E-state index in [4.69, 9.17) is 0 Å². The highest BCUT2D eigenvalue weighted by atomic mass is 32.2. The van der Waals surface area contributed by atoms with Gasteiger partial charge in [-0.05, 0) is 39.5 Å². The third-order valence-corrected chi connectivity index (χ3v) is 3.99. The number of nitrogens with one attached hydrogen (secondary N) is 1. The molecule has 0 aromatic heterocycles. The van der Waals surface area contributed by atoms with E-state index >= 15 is 0 Å². The van der Waals surface area contributed by atoms with Crippen LogP contribution in [0.3, 0.4) is 0 Å². The second-order valence-corrected chi connectivity index (χ2v) is 8.26. The summed E-state index contributed by atoms with van der Waals surface area (Å²) in [4.78, 5) is 0. The van der Waals surface area contributed by atoms with E-state index in [1.54, 1.807) is 11.8 Å². The molecule has 0 unspecified atom stereocenters. The molecule has 0 amide bonds. The van der Waals surface area contributed by atoms with Gasteiger partial charge in [-0.3, -0.25) is 0 Å². The average molecular weight is 253 g/mol. The van der Waals surface area contributed by atoms with Gasteiger partial charge in [0.25, 0.3) is 0 Å². The predicted octanol–water partition coefficient (Wildman–Crippen LogP) is 1.54. The lowest BCUT2D eigenvalue weighted by atomic mass is 10.1. The van der Waals surface area contributed by atoms with Gasteiger partial charge in [0.05, 0.1) is 5.75 Å². The number of thioether (sulfide) groups is 1. The van der Waals surface area contributed by atoms with Crippen LogP contribution in [-0.2, 0) is 9.84 Å². The zero-order valence-corrected chi connectivity index (χ0v) is 11.8. The fraction of sp³-hybridized carbons (Fsp3) is 1.00. The molecule has 0 atom stereocenters. The Balaban J connectivity index is 3.27. The smallest absolute Gasteiger partial charge is 0.148 e. The Morgan fingerprint density at radius 3 is 2.27 bits per heavy atom. The molecule has 0 aromatic carbocycles. The van der Waals surface area contributed by atoms with Crippen molar-refractivity contribution in [1.82, 2.24) is 5.32 Å². The second kappa shape index (κ2) is 6.76. The fourth-order valence-corrected chi connectivity index (χ4v) is 3.18. The minimum atomic E-state index is -2.78. The summed E-state index contributed by atoms with van der Waals surface area (Å²) < 4.78 is 21.7. The Morgan fingerprint density at radius 2 is 1.80 bits per heavy atom. The van der Waals surface area contributed by atoms with E-state index in [1.807, 2.05) is 0 Å². The maximum Gasteiger partial charge on any atom is 0.148 e. The normalized spacial score (nSPS) is 13.1. The van der Waals surface area contributed by atoms with Gasteiger partial charge in [0, 0.05) is 17.5 Å². The van der Waals surface area contributed by atoms with Crippen molar-refractivity contribution in [3.8, 4) is 0 Å². The van der Waals surface area contributed by atoms with Crippen molar-refractivity contribution < 1.29 is 8.42 Å². The van der Waals surface area contributed by atoms with E-state index in [0.29, 0.717) is 11.5 Å². The second-order valence-electron chi connectivity index (χ2n) is 4.77. The minimum absolute atomic E-state index is 0.178. The van der Waals surface area contributed by atoms with E-state index in [2.05, 4.69) is 26.1 Å². The van der Waals surface area contributed by atoms with Crippen LogP contribution in [0.1, 0.15) is 27.2 Å². The first-order valence-electron chi connectivity index (χ1n) is 5.21. The molecule has 0 heterocycles. The molecule has 0 aliphatic carbocycles. The van der Waals surface area contributed by atoms with Gasteiger partial charge in [-0.1, -0.05) is 0 Å². The summed E-state index contributed by atoms with van der Waals surface area (Å²) >= 11 is 1.71. The molecule has 92 valence electrons. The topological polar surface area (TPSA) is 46.2 Å². The average Bonchev–Trinajstić information content (AvgIpc) is 1.98. The molecule has 3 nitrogen and oxygen atoms in total. The van der Waals surface area contributed by atoms with Crippen molar-refractivity contribution >= 4 is 21.6 Å². The number of hydrogen-bond acceptors (Lipinski definition) is 4. The summed E-state index contributed by atoms with van der Waals surface area (Å²) in [5.41, 5.74) is 0.178. The van der Waals surface area contributed by atoms with E-state index in [0.717, 1.165) is 18.7 Å². The van der Waals surface area contributed by atoms with Gasteiger partial charge < -0.3 is 5.32 Å². The van der Waals surface area contributed by atoms with Gasteiger partial charge in [-0.25, -0.2) is 8.42 Å². The van der Waals surface area contributed by atoms with Crippen LogP contribution in [0.4, 0.5) is 0 Å². The van der Waals surface area contributed by atoms with Crippen LogP contribution in [0.15, 0.2) is 0 Å². The Labute approximate surface area is 98.3 Å². The summed E-state index contributed by atoms with van der Waals surface area (Å²) in [7, 11) is -2.78. The third-order valence-electron chi connectivity index (χ3n) is 1.72. The third kappa shape index (κ3) is 14.3. The molecule has 0 saturated heterocycles. The Morgan fingerprint density at radius 1 is 1.20 bits per heavy atom. The number of hydrogen-bond donors (Lipinski definition) is 1. The monoisotopic (exact) mass is 253 g/mol. The van der Waals surface area contributed by atoms with Gasteiger partial charge in [0.2, 0.25) is 0 Å². The van der Waals surface area contributed by atoms with Crippen molar-refractivity contribution in [2.75, 3.05) is 30.1 Å². The molecule has 0 aliphatic rings. The van der Waals surface area contributed by atoms with Gasteiger partial charge in [-0.2, -0.15) is 11.8 Å². The molecular formula is C10H23NO2S2. The van der Waals surface area contributed by atoms with Crippen LogP contribution < -0.4 is 5.32 Å². The van der Waals surface area contributed by atoms with E-state index in [-0.39, 0.29) is 5.54 Å². The lowest BCUT2D eigenvalue weighted by Gasteiger charge is -2.20. The van der Waals surface area contributed by atoms with Crippen LogP contribution in [0, 0.1) is 0 Å². The van der Waals surface area contributed by atoms with Gasteiger partial charge in [0.1, 0.15) is 9.84 Å². The van der Waals surface area contributed by atoms with Crippen LogP contribution in [0.5, 0.6) is 0 Å². The summed E-state index contributed by atoms with van der Waals surface area (Å²) in [5.74, 6) is 2.04. The van der Waals surface area contributed by atoms with Crippen molar-refractivity contribution in [2.45, 2.75) is 32.7 Å². The Kier molecular flexibility index (Phi) is 6.88. The molecule has 1 N–H and O–H groups in total. The molecule has 5 heteroatoms. The Hall–Kier alpha value is 0.260. The highest BCUT2D eigenvalue weighted by Crippen LogP contribution is 2.04. The zero-order chi connectivity index (χ0) is 11.9. The zero-order valence-electron chi connectivity index (χ0n) is 10.2. The van der Waals surface area contributed by atoms with Gasteiger partial charge in [0.15, 0.2) is 0 Å². The van der Waals surface area contributed by atoms with Crippen LogP contribution in [0.2, 0.25) is 0 Å². The van der Waals surface area contributed by atoms with E-state index in [1.165, 1.54) is 6.26 Å². The number of sulfone groups is 1. The van der Waals surface area contributed by atoms with E-state index in [9.17, 15) is 8.42 Å². The maximum atomic E-state index is 10.8. The van der Waals surface area contributed by atoms with E-state index < -0.39 is 9.84 Å². The van der Waals surface area contributed by atoms with Crippen LogP contribution >= 0.6 is 11.8 Å². The van der Waals surface area contributed by atoms with Crippen LogP contribution in [0.25, 0.3) is 0 Å². The molecule has 0 rings (SSSR count). The lowest BCUT2D eigenvalue weighted by Crippen LogP contribution is -2.36. The first kappa shape index (κ1) is 15.3. The van der Waals surface area contributed by atoms with Crippen LogP contribution in [-0.4, -0.2) is 44.0 Å². The minimum Gasteiger partial charge on any atom is -0.312 e. The molecule has 0 bridgehead atoms. The van der Waals surface area contributed by atoms with Crippen molar-refractivity contribution in [3.63, 3.8) is 0 Å². The van der Waals surface area contributed by atoms with Crippen molar-refractivity contribution in [1.29, 1.82) is 0 Å². The summed E-state index contributed by atoms with van der Waals surface area (Å²) in [6.45, 7) is 7.42. The maximum absolute atomic E-state index is 10.8. The molecule has 0 aromatic rings.